The second-order valence-electron chi connectivity index (χ2n) is 15.3. The summed E-state index contributed by atoms with van der Waals surface area (Å²) in [6.07, 6.45) is 1.98. The zero-order chi connectivity index (χ0) is 30.6. The molecule has 0 rings (SSSR count). The predicted octanol–water partition coefficient (Wildman–Crippen LogP) is 11.3. The van der Waals surface area contributed by atoms with Crippen molar-refractivity contribution in [1.29, 1.82) is 0 Å². The molecular weight excluding hydrogens is 552 g/mol. The van der Waals surface area contributed by atoms with Crippen LogP contribution in [0.5, 0.6) is 0 Å². The minimum absolute atomic E-state index is 0.0572. The zero-order valence-corrected chi connectivity index (χ0v) is 33.0. The fourth-order valence-corrected chi connectivity index (χ4v) is 29.3. The molecule has 0 spiro atoms. The Kier molecular flexibility index (Phi) is 19.1. The monoisotopic (exact) mass is 624 g/mol. The van der Waals surface area contributed by atoms with Gasteiger partial charge in [-0.25, -0.2) is 0 Å². The van der Waals surface area contributed by atoms with Gasteiger partial charge in [-0.1, -0.05) is 0 Å². The van der Waals surface area contributed by atoms with E-state index in [1.807, 2.05) is 0 Å². The summed E-state index contributed by atoms with van der Waals surface area (Å²) in [4.78, 5) is 0. The zero-order valence-electron chi connectivity index (χ0n) is 29.4. The van der Waals surface area contributed by atoms with Crippen LogP contribution in [-0.2, 0) is 30.8 Å². The summed E-state index contributed by atoms with van der Waals surface area (Å²) in [6.45, 7) is 37.2. The quantitative estimate of drug-likeness (QED) is 0.112. The van der Waals surface area contributed by atoms with Crippen LogP contribution in [0.3, 0.4) is 0 Å². The normalized spacial score (nSPS) is 15.5. The predicted molar refractivity (Wildman–Crippen MR) is 173 cm³/mol. The molecule has 0 radical (unpaired) electrons. The van der Waals surface area contributed by atoms with E-state index in [1.54, 1.807) is 0 Å². The van der Waals surface area contributed by atoms with E-state index >= 15 is 0 Å². The molecule has 2 unspecified atom stereocenters. The molecule has 0 aromatic rings. The van der Waals surface area contributed by atoms with Crippen molar-refractivity contribution in [3.05, 3.63) is 0 Å². The third-order valence-corrected chi connectivity index (χ3v) is 26.5. The molecule has 0 N–H and O–H groups in total. The van der Waals surface area contributed by atoms with Crippen LogP contribution in [0.2, 0.25) is 36.3 Å². The van der Waals surface area contributed by atoms with Crippen molar-refractivity contribution >= 4 is 16.6 Å². The molecule has 4 nitrogen and oxygen atoms in total. The number of rotatable bonds is 22. The first-order chi connectivity index (χ1) is 17.8. The molecule has 0 bridgehead atoms. The molecular formula is C32H72O4Si2Ti. The average molecular weight is 625 g/mol. The van der Waals surface area contributed by atoms with Crippen LogP contribution in [0.15, 0.2) is 0 Å². The third-order valence-electron chi connectivity index (χ3n) is 7.21. The van der Waals surface area contributed by atoms with Crippen LogP contribution >= 0.6 is 0 Å². The Hall–Kier alpha value is 0.988. The van der Waals surface area contributed by atoms with Gasteiger partial charge in [0, 0.05) is 0 Å². The summed E-state index contributed by atoms with van der Waals surface area (Å²) in [5, 5.41) is 0. The summed E-state index contributed by atoms with van der Waals surface area (Å²) in [5.41, 5.74) is 0. The molecule has 0 amide bonds. The summed E-state index contributed by atoms with van der Waals surface area (Å²) in [5.74, 6) is 3.45. The Labute approximate surface area is 254 Å². The van der Waals surface area contributed by atoms with Gasteiger partial charge in [-0.15, -0.1) is 0 Å². The van der Waals surface area contributed by atoms with E-state index in [4.69, 9.17) is 12.7 Å². The molecule has 2 atom stereocenters. The Bertz CT molecular complexity index is 533. The van der Waals surface area contributed by atoms with Crippen molar-refractivity contribution in [2.75, 3.05) is 0 Å². The maximum atomic E-state index is 7.80. The van der Waals surface area contributed by atoms with E-state index in [1.165, 1.54) is 0 Å². The van der Waals surface area contributed by atoms with Gasteiger partial charge in [0.1, 0.15) is 0 Å². The van der Waals surface area contributed by atoms with E-state index in [9.17, 15) is 0 Å². The van der Waals surface area contributed by atoms with Gasteiger partial charge in [0.25, 0.3) is 0 Å². The second-order valence-corrected chi connectivity index (χ2v) is 27.1. The third kappa shape index (κ3) is 16.4. The summed E-state index contributed by atoms with van der Waals surface area (Å²) in [6, 6.07) is 6.84. The van der Waals surface area contributed by atoms with Crippen molar-refractivity contribution in [3.63, 3.8) is 0 Å². The number of hydrogen-bond acceptors (Lipinski definition) is 4. The molecule has 0 aliphatic heterocycles. The van der Waals surface area contributed by atoms with Gasteiger partial charge in [-0.2, -0.15) is 0 Å². The van der Waals surface area contributed by atoms with Gasteiger partial charge < -0.3 is 0 Å². The Morgan fingerprint density at radius 3 is 0.769 bits per heavy atom. The molecule has 0 saturated carbocycles. The SMILES string of the molecule is CCC(C)[O][Ti]([O]C(C)CC)([O][Si](CC(C)C)(CC(C)C)CC(C)C)[O][Si](CC(C)C)(CC(C)C)CC(C)C. The van der Waals surface area contributed by atoms with Crippen LogP contribution in [0.4, 0.5) is 0 Å². The fraction of sp³-hybridized carbons (Fsp3) is 1.00. The van der Waals surface area contributed by atoms with Crippen LogP contribution in [0, 0.1) is 35.5 Å². The molecule has 0 aliphatic rings. The molecule has 39 heavy (non-hydrogen) atoms. The van der Waals surface area contributed by atoms with Gasteiger partial charge in [-0.3, -0.25) is 0 Å². The van der Waals surface area contributed by atoms with Crippen LogP contribution in [-0.4, -0.2) is 28.8 Å². The molecule has 0 saturated heterocycles. The standard InChI is InChI=1S/2C12H27OSi.2C4H9O.Ti/c2*1-10(2)7-14(13,8-11(3)4)9-12(5)6;2*1-3-4(2)5;/h2*10-12H,7-9H2,1-6H3;2*4H,3H2,1-2H3;/q4*-1;+4. The summed E-state index contributed by atoms with van der Waals surface area (Å²) < 4.78 is 29.9. The average Bonchev–Trinajstić information content (AvgIpc) is 2.69. The molecule has 0 aromatic heterocycles. The molecule has 0 aromatic carbocycles. The van der Waals surface area contributed by atoms with Gasteiger partial charge in [0.2, 0.25) is 0 Å². The van der Waals surface area contributed by atoms with Crippen molar-refractivity contribution in [2.24, 2.45) is 35.5 Å². The van der Waals surface area contributed by atoms with Crippen LogP contribution < -0.4 is 0 Å². The van der Waals surface area contributed by atoms with E-state index in [0.717, 1.165) is 49.1 Å². The van der Waals surface area contributed by atoms with E-state index in [0.29, 0.717) is 35.5 Å². The molecule has 0 fully saturated rings. The van der Waals surface area contributed by atoms with Gasteiger partial charge in [-0.05, 0) is 0 Å². The Morgan fingerprint density at radius 2 is 0.615 bits per heavy atom. The molecule has 236 valence electrons. The van der Waals surface area contributed by atoms with Crippen molar-refractivity contribution in [2.45, 2.75) is 172 Å². The summed E-state index contributed by atoms with van der Waals surface area (Å²) in [7, 11) is -4.54. The number of hydrogen-bond donors (Lipinski definition) is 0. The van der Waals surface area contributed by atoms with Crippen molar-refractivity contribution in [1.82, 2.24) is 0 Å². The molecule has 0 heterocycles. The maximum absolute atomic E-state index is 7.80. The minimum atomic E-state index is -4.24. The van der Waals surface area contributed by atoms with Crippen molar-refractivity contribution < 1.29 is 30.8 Å². The molecule has 0 aliphatic carbocycles. The van der Waals surface area contributed by atoms with E-state index < -0.39 is 34.8 Å². The first-order valence-electron chi connectivity index (χ1n) is 16.6. The van der Waals surface area contributed by atoms with E-state index in [-0.39, 0.29) is 12.2 Å². The van der Waals surface area contributed by atoms with Gasteiger partial charge in [0.05, 0.1) is 0 Å². The fourth-order valence-electron chi connectivity index (χ4n) is 6.55. The summed E-state index contributed by atoms with van der Waals surface area (Å²) >= 11 is -4.24. The second kappa shape index (κ2) is 18.6. The first-order valence-corrected chi connectivity index (χ1v) is 24.2. The van der Waals surface area contributed by atoms with E-state index in [2.05, 4.69) is 111 Å². The van der Waals surface area contributed by atoms with Crippen molar-refractivity contribution in [3.8, 4) is 0 Å². The van der Waals surface area contributed by atoms with Gasteiger partial charge in [0.15, 0.2) is 0 Å². The topological polar surface area (TPSA) is 36.9 Å². The molecule has 7 heteroatoms. The van der Waals surface area contributed by atoms with Crippen LogP contribution in [0.25, 0.3) is 0 Å². The Morgan fingerprint density at radius 1 is 0.410 bits per heavy atom. The Balaban J connectivity index is 7.35. The van der Waals surface area contributed by atoms with Gasteiger partial charge >= 0.3 is 255 Å². The first kappa shape index (κ1) is 40.0. The van der Waals surface area contributed by atoms with Crippen LogP contribution in [0.1, 0.15) is 124 Å².